The molecule has 1 saturated heterocycles. The topological polar surface area (TPSA) is 54.3 Å². The molecule has 0 spiro atoms. The third-order valence-corrected chi connectivity index (χ3v) is 4.39. The number of rotatable bonds is 4. The second-order valence-electron chi connectivity index (χ2n) is 6.21. The monoisotopic (exact) mass is 311 g/mol. The molecule has 0 aliphatic carbocycles. The molecule has 2 aromatic heterocycles. The highest BCUT2D eigenvalue weighted by molar-refractivity contribution is 5.77. The Morgan fingerprint density at radius 1 is 1.30 bits per heavy atom. The van der Waals surface area contributed by atoms with Crippen molar-refractivity contribution in [3.63, 3.8) is 0 Å². The Bertz CT molecular complexity index is 751. The summed E-state index contributed by atoms with van der Waals surface area (Å²) < 4.78 is 11.3. The summed E-state index contributed by atoms with van der Waals surface area (Å²) in [4.78, 5) is 9.93. The zero-order chi connectivity index (χ0) is 15.5. The van der Waals surface area contributed by atoms with Gasteiger partial charge >= 0.3 is 0 Å². The van der Waals surface area contributed by atoms with Gasteiger partial charge in [-0.2, -0.15) is 0 Å². The normalized spacial score (nSPS) is 19.9. The minimum Gasteiger partial charge on any atom is -0.464 e. The maximum absolute atomic E-state index is 5.81. The van der Waals surface area contributed by atoms with Gasteiger partial charge < -0.3 is 14.1 Å². The maximum atomic E-state index is 5.81. The van der Waals surface area contributed by atoms with E-state index in [0.717, 1.165) is 56.1 Å². The molecule has 5 heteroatoms. The first-order chi connectivity index (χ1) is 11.4. The van der Waals surface area contributed by atoms with E-state index in [4.69, 9.17) is 9.15 Å². The second kappa shape index (κ2) is 6.56. The lowest BCUT2D eigenvalue weighted by Crippen LogP contribution is -2.30. The van der Waals surface area contributed by atoms with Gasteiger partial charge in [-0.15, -0.1) is 0 Å². The first-order valence-corrected chi connectivity index (χ1v) is 8.11. The maximum Gasteiger partial charge on any atom is 0.134 e. The molecule has 3 aromatic rings. The number of aromatic amines is 1. The molecule has 1 aliphatic heterocycles. The van der Waals surface area contributed by atoms with E-state index >= 15 is 0 Å². The van der Waals surface area contributed by atoms with Crippen molar-refractivity contribution in [3.05, 3.63) is 54.3 Å². The summed E-state index contributed by atoms with van der Waals surface area (Å²) in [5.74, 6) is 1.50. The number of hydrogen-bond acceptors (Lipinski definition) is 4. The molecule has 3 heterocycles. The largest absolute Gasteiger partial charge is 0.464 e. The molecule has 0 saturated carbocycles. The molecule has 0 bridgehead atoms. The van der Waals surface area contributed by atoms with Gasteiger partial charge in [0.25, 0.3) is 0 Å². The molecule has 4 rings (SSSR count). The fourth-order valence-electron chi connectivity index (χ4n) is 3.28. The van der Waals surface area contributed by atoms with Crippen LogP contribution in [-0.2, 0) is 17.7 Å². The van der Waals surface area contributed by atoms with Crippen LogP contribution in [0.4, 0.5) is 0 Å². The smallest absolute Gasteiger partial charge is 0.134 e. The first kappa shape index (κ1) is 14.5. The predicted molar refractivity (Wildman–Crippen MR) is 88.1 cm³/mol. The molecule has 1 aromatic carbocycles. The van der Waals surface area contributed by atoms with Gasteiger partial charge in [0, 0.05) is 30.9 Å². The zero-order valence-corrected chi connectivity index (χ0v) is 13.1. The summed E-state index contributed by atoms with van der Waals surface area (Å²) in [6, 6.07) is 8.47. The van der Waals surface area contributed by atoms with Crippen molar-refractivity contribution in [3.8, 4) is 0 Å². The van der Waals surface area contributed by atoms with Crippen molar-refractivity contribution in [1.82, 2.24) is 14.9 Å². The van der Waals surface area contributed by atoms with Crippen LogP contribution < -0.4 is 0 Å². The average Bonchev–Trinajstić information content (AvgIpc) is 3.17. The van der Waals surface area contributed by atoms with E-state index in [2.05, 4.69) is 33.1 Å². The van der Waals surface area contributed by atoms with Crippen molar-refractivity contribution in [1.29, 1.82) is 0 Å². The van der Waals surface area contributed by atoms with Crippen LogP contribution in [0.25, 0.3) is 11.0 Å². The van der Waals surface area contributed by atoms with Gasteiger partial charge in [0.1, 0.15) is 11.4 Å². The molecule has 5 nitrogen and oxygen atoms in total. The number of furan rings is 1. The van der Waals surface area contributed by atoms with Gasteiger partial charge in [0.15, 0.2) is 0 Å². The number of imidazole rings is 1. The molecule has 1 fully saturated rings. The number of benzene rings is 1. The van der Waals surface area contributed by atoms with E-state index < -0.39 is 0 Å². The van der Waals surface area contributed by atoms with E-state index in [0.29, 0.717) is 5.92 Å². The first-order valence-electron chi connectivity index (χ1n) is 8.11. The van der Waals surface area contributed by atoms with Crippen LogP contribution in [0.15, 0.2) is 47.3 Å². The molecule has 0 unspecified atom stereocenters. The number of H-pyrrole nitrogens is 1. The average molecular weight is 311 g/mol. The molecule has 23 heavy (non-hydrogen) atoms. The van der Waals surface area contributed by atoms with Crippen molar-refractivity contribution < 1.29 is 9.15 Å². The zero-order valence-electron chi connectivity index (χ0n) is 13.1. The Balaban J connectivity index is 1.44. The third kappa shape index (κ3) is 3.46. The standard InChI is InChI=1S/C18H21N3O2/c1-2-16-3-7-23-17(16)10-14(1)9-15-11-21(6-8-22-13-15)12-18-19-4-5-20-18/h1-5,7,10,15H,6,8-9,11-13H2,(H,19,20)/t15-/m1/s1. The van der Waals surface area contributed by atoms with Crippen molar-refractivity contribution in [2.24, 2.45) is 5.92 Å². The lowest BCUT2D eigenvalue weighted by molar-refractivity contribution is 0.121. The van der Waals surface area contributed by atoms with Gasteiger partial charge in [-0.3, -0.25) is 4.90 Å². The fraction of sp³-hybridized carbons (Fsp3) is 0.389. The Morgan fingerprint density at radius 2 is 2.30 bits per heavy atom. The van der Waals surface area contributed by atoms with Crippen LogP contribution in [0.1, 0.15) is 11.4 Å². The van der Waals surface area contributed by atoms with Crippen LogP contribution in [-0.4, -0.2) is 41.2 Å². The number of aromatic nitrogens is 2. The van der Waals surface area contributed by atoms with Crippen LogP contribution in [0.5, 0.6) is 0 Å². The Kier molecular flexibility index (Phi) is 4.13. The SMILES string of the molecule is c1c[nH]c(CN2CCOC[C@H](Cc3ccc4ccoc4c3)C2)n1. The van der Waals surface area contributed by atoms with Gasteiger partial charge in [-0.1, -0.05) is 12.1 Å². The quantitative estimate of drug-likeness (QED) is 0.805. The van der Waals surface area contributed by atoms with Gasteiger partial charge in [-0.05, 0) is 30.0 Å². The number of ether oxygens (including phenoxy) is 1. The molecule has 120 valence electrons. The minimum atomic E-state index is 0.486. The summed E-state index contributed by atoms with van der Waals surface area (Å²) >= 11 is 0. The Morgan fingerprint density at radius 3 is 3.22 bits per heavy atom. The lowest BCUT2D eigenvalue weighted by atomic mass is 9.99. The molecule has 0 radical (unpaired) electrons. The number of hydrogen-bond donors (Lipinski definition) is 1. The predicted octanol–water partition coefficient (Wildman–Crippen LogP) is 2.85. The van der Waals surface area contributed by atoms with E-state index in [-0.39, 0.29) is 0 Å². The van der Waals surface area contributed by atoms with Crippen LogP contribution >= 0.6 is 0 Å². The van der Waals surface area contributed by atoms with Crippen LogP contribution in [0.3, 0.4) is 0 Å². The molecule has 1 atom stereocenters. The summed E-state index contributed by atoms with van der Waals surface area (Å²) in [7, 11) is 0. The molecule has 1 N–H and O–H groups in total. The summed E-state index contributed by atoms with van der Waals surface area (Å²) in [6.45, 7) is 4.43. The van der Waals surface area contributed by atoms with E-state index in [1.54, 1.807) is 12.5 Å². The Hall–Kier alpha value is -2.11. The molecule has 1 aliphatic rings. The van der Waals surface area contributed by atoms with Crippen LogP contribution in [0.2, 0.25) is 0 Å². The fourth-order valence-corrected chi connectivity index (χ4v) is 3.28. The van der Waals surface area contributed by atoms with E-state index in [1.165, 1.54) is 5.56 Å². The number of nitrogens with zero attached hydrogens (tertiary/aromatic N) is 2. The Labute approximate surface area is 135 Å². The summed E-state index contributed by atoms with van der Waals surface area (Å²) in [5, 5.41) is 1.16. The van der Waals surface area contributed by atoms with Crippen molar-refractivity contribution in [2.45, 2.75) is 13.0 Å². The second-order valence-corrected chi connectivity index (χ2v) is 6.21. The van der Waals surface area contributed by atoms with E-state index in [1.807, 2.05) is 12.3 Å². The van der Waals surface area contributed by atoms with Gasteiger partial charge in [0.05, 0.1) is 26.0 Å². The van der Waals surface area contributed by atoms with Crippen LogP contribution in [0, 0.1) is 5.92 Å². The molecular formula is C18H21N3O2. The highest BCUT2D eigenvalue weighted by atomic mass is 16.5. The summed E-state index contributed by atoms with van der Waals surface area (Å²) in [5.41, 5.74) is 2.27. The molecular weight excluding hydrogens is 290 g/mol. The highest BCUT2D eigenvalue weighted by Gasteiger charge is 2.20. The third-order valence-electron chi connectivity index (χ3n) is 4.39. The van der Waals surface area contributed by atoms with Crippen molar-refractivity contribution in [2.75, 3.05) is 26.3 Å². The molecule has 0 amide bonds. The number of fused-ring (bicyclic) bond motifs is 1. The summed E-state index contributed by atoms with van der Waals surface area (Å²) in [6.07, 6.45) is 6.43. The van der Waals surface area contributed by atoms with Crippen molar-refractivity contribution >= 4 is 11.0 Å². The van der Waals surface area contributed by atoms with E-state index in [9.17, 15) is 0 Å². The lowest BCUT2D eigenvalue weighted by Gasteiger charge is -2.22. The highest BCUT2D eigenvalue weighted by Crippen LogP contribution is 2.20. The number of nitrogens with one attached hydrogen (secondary N) is 1. The minimum absolute atomic E-state index is 0.486. The van der Waals surface area contributed by atoms with Gasteiger partial charge in [-0.25, -0.2) is 4.98 Å². The van der Waals surface area contributed by atoms with Gasteiger partial charge in [0.2, 0.25) is 0 Å².